The van der Waals surface area contributed by atoms with Gasteiger partial charge in [0.1, 0.15) is 12.2 Å². The lowest BCUT2D eigenvalue weighted by Crippen LogP contribution is -2.11. The highest BCUT2D eigenvalue weighted by atomic mass is 35.5. The van der Waals surface area contributed by atoms with Crippen molar-refractivity contribution in [2.24, 2.45) is 0 Å². The monoisotopic (exact) mass is 271 g/mol. The Balaban J connectivity index is 2.16. The van der Waals surface area contributed by atoms with Gasteiger partial charge in [-0.05, 0) is 25.3 Å². The molecule has 2 aromatic rings. The number of rotatable bonds is 4. The van der Waals surface area contributed by atoms with Crippen molar-refractivity contribution in [3.8, 4) is 0 Å². The molecule has 92 valence electrons. The summed E-state index contributed by atoms with van der Waals surface area (Å²) >= 11 is 7.44. The van der Waals surface area contributed by atoms with Gasteiger partial charge in [-0.1, -0.05) is 11.6 Å². The zero-order valence-electron chi connectivity index (χ0n) is 9.67. The second-order valence-corrected chi connectivity index (χ2v) is 5.42. The molecule has 0 saturated heterocycles. The second kappa shape index (κ2) is 5.16. The Labute approximate surface area is 109 Å². The minimum absolute atomic E-state index is 0.235. The maximum Gasteiger partial charge on any atom is 0.138 e. The van der Waals surface area contributed by atoms with Crippen LogP contribution in [0.25, 0.3) is 0 Å². The number of halogens is 1. The van der Waals surface area contributed by atoms with E-state index in [-0.39, 0.29) is 6.04 Å². The van der Waals surface area contributed by atoms with Gasteiger partial charge in [0.2, 0.25) is 0 Å². The van der Waals surface area contributed by atoms with Crippen molar-refractivity contribution in [2.45, 2.75) is 32.4 Å². The van der Waals surface area contributed by atoms with Crippen molar-refractivity contribution in [3.05, 3.63) is 33.5 Å². The van der Waals surface area contributed by atoms with E-state index in [4.69, 9.17) is 11.6 Å². The van der Waals surface area contributed by atoms with Crippen molar-refractivity contribution < 1.29 is 5.11 Å². The summed E-state index contributed by atoms with van der Waals surface area (Å²) in [5.74, 6) is 0.775. The maximum absolute atomic E-state index is 10.1. The number of hydrogen-bond donors (Lipinski definition) is 1. The number of thiophene rings is 1. The topological polar surface area (TPSA) is 50.9 Å². The number of aliphatic hydroxyl groups is 1. The van der Waals surface area contributed by atoms with Gasteiger partial charge in [0.15, 0.2) is 0 Å². The van der Waals surface area contributed by atoms with Crippen LogP contribution < -0.4 is 0 Å². The fourth-order valence-corrected chi connectivity index (χ4v) is 2.83. The molecule has 2 rings (SSSR count). The van der Waals surface area contributed by atoms with Crippen LogP contribution in [0.2, 0.25) is 5.02 Å². The van der Waals surface area contributed by atoms with Crippen LogP contribution in [0.1, 0.15) is 36.7 Å². The zero-order chi connectivity index (χ0) is 12.4. The highest BCUT2D eigenvalue weighted by molar-refractivity contribution is 7.10. The normalized spacial score (nSPS) is 13.2. The Bertz CT molecular complexity index is 494. The molecular formula is C11H14ClN3OS. The van der Waals surface area contributed by atoms with Crippen LogP contribution in [-0.4, -0.2) is 19.9 Å². The lowest BCUT2D eigenvalue weighted by molar-refractivity contribution is 0.177. The summed E-state index contributed by atoms with van der Waals surface area (Å²) in [4.78, 5) is 4.95. The lowest BCUT2D eigenvalue weighted by atomic mass is 10.2. The number of hydrogen-bond acceptors (Lipinski definition) is 4. The molecule has 0 radical (unpaired) electrons. The SMILES string of the molecule is CC(C)n1ncnc1CC(O)c1sccc1Cl. The van der Waals surface area contributed by atoms with Gasteiger partial charge >= 0.3 is 0 Å². The molecule has 1 N–H and O–H groups in total. The first-order valence-corrected chi connectivity index (χ1v) is 6.64. The highest BCUT2D eigenvalue weighted by Gasteiger charge is 2.17. The molecule has 17 heavy (non-hydrogen) atoms. The van der Waals surface area contributed by atoms with Crippen molar-refractivity contribution in [1.82, 2.24) is 14.8 Å². The Morgan fingerprint density at radius 3 is 2.88 bits per heavy atom. The van der Waals surface area contributed by atoms with Gasteiger partial charge in [-0.25, -0.2) is 9.67 Å². The average Bonchev–Trinajstić information content (AvgIpc) is 2.86. The average molecular weight is 272 g/mol. The van der Waals surface area contributed by atoms with Crippen LogP contribution >= 0.6 is 22.9 Å². The highest BCUT2D eigenvalue weighted by Crippen LogP contribution is 2.30. The van der Waals surface area contributed by atoms with E-state index < -0.39 is 6.10 Å². The van der Waals surface area contributed by atoms with Gasteiger partial charge in [-0.15, -0.1) is 11.3 Å². The summed E-state index contributed by atoms with van der Waals surface area (Å²) in [5, 5.41) is 16.7. The molecule has 2 heterocycles. The quantitative estimate of drug-likeness (QED) is 0.930. The van der Waals surface area contributed by atoms with Crippen molar-refractivity contribution in [3.63, 3.8) is 0 Å². The first-order valence-electron chi connectivity index (χ1n) is 5.39. The summed E-state index contributed by atoms with van der Waals surface area (Å²) in [5.41, 5.74) is 0. The molecular weight excluding hydrogens is 258 g/mol. The summed E-state index contributed by atoms with van der Waals surface area (Å²) in [6.07, 6.45) is 1.32. The first kappa shape index (κ1) is 12.5. The zero-order valence-corrected chi connectivity index (χ0v) is 11.2. The first-order chi connectivity index (χ1) is 8.09. The van der Waals surface area contributed by atoms with Crippen LogP contribution in [0, 0.1) is 0 Å². The third-order valence-electron chi connectivity index (χ3n) is 2.46. The van der Waals surface area contributed by atoms with Crippen LogP contribution in [-0.2, 0) is 6.42 Å². The largest absolute Gasteiger partial charge is 0.387 e. The van der Waals surface area contributed by atoms with Gasteiger partial charge in [-0.3, -0.25) is 0 Å². The number of aliphatic hydroxyl groups excluding tert-OH is 1. The molecule has 0 fully saturated rings. The summed E-state index contributed by atoms with van der Waals surface area (Å²) < 4.78 is 1.81. The van der Waals surface area contributed by atoms with Gasteiger partial charge < -0.3 is 5.11 Å². The summed E-state index contributed by atoms with van der Waals surface area (Å²) in [7, 11) is 0. The molecule has 0 spiro atoms. The van der Waals surface area contributed by atoms with Crippen LogP contribution in [0.5, 0.6) is 0 Å². The van der Waals surface area contributed by atoms with Crippen molar-refractivity contribution in [1.29, 1.82) is 0 Å². The van der Waals surface area contributed by atoms with E-state index in [9.17, 15) is 5.11 Å². The molecule has 4 nitrogen and oxygen atoms in total. The Morgan fingerprint density at radius 1 is 1.53 bits per heavy atom. The van der Waals surface area contributed by atoms with E-state index in [2.05, 4.69) is 10.1 Å². The minimum atomic E-state index is -0.621. The predicted molar refractivity (Wildman–Crippen MR) is 68.4 cm³/mol. The third kappa shape index (κ3) is 2.68. The van der Waals surface area contributed by atoms with Crippen LogP contribution in [0.3, 0.4) is 0 Å². The predicted octanol–water partition coefficient (Wildman–Crippen LogP) is 2.85. The molecule has 6 heteroatoms. The summed E-state index contributed by atoms with van der Waals surface area (Å²) in [6.45, 7) is 4.06. The fourth-order valence-electron chi connectivity index (χ4n) is 1.66. The van der Waals surface area contributed by atoms with E-state index in [1.54, 1.807) is 6.07 Å². The van der Waals surface area contributed by atoms with Crippen molar-refractivity contribution >= 4 is 22.9 Å². The molecule has 0 aliphatic carbocycles. The lowest BCUT2D eigenvalue weighted by Gasteiger charge is -2.12. The molecule has 0 aliphatic rings. The van der Waals surface area contributed by atoms with Gasteiger partial charge in [0.25, 0.3) is 0 Å². The fraction of sp³-hybridized carbons (Fsp3) is 0.455. The van der Waals surface area contributed by atoms with E-state index in [1.165, 1.54) is 17.7 Å². The molecule has 0 bridgehead atoms. The molecule has 0 amide bonds. The Kier molecular flexibility index (Phi) is 3.81. The molecule has 0 aromatic carbocycles. The third-order valence-corrected chi connectivity index (χ3v) is 3.92. The molecule has 0 aliphatic heterocycles. The molecule has 0 saturated carbocycles. The van der Waals surface area contributed by atoms with E-state index in [1.807, 2.05) is 23.9 Å². The minimum Gasteiger partial charge on any atom is -0.387 e. The Hall–Kier alpha value is -0.910. The van der Waals surface area contributed by atoms with E-state index in [0.29, 0.717) is 11.4 Å². The number of nitrogens with zero attached hydrogens (tertiary/aromatic N) is 3. The van der Waals surface area contributed by atoms with Crippen LogP contribution in [0.4, 0.5) is 0 Å². The van der Waals surface area contributed by atoms with Gasteiger partial charge in [0.05, 0.1) is 16.0 Å². The molecule has 1 atom stereocenters. The van der Waals surface area contributed by atoms with E-state index in [0.717, 1.165) is 10.7 Å². The molecule has 1 unspecified atom stereocenters. The van der Waals surface area contributed by atoms with Gasteiger partial charge in [-0.2, -0.15) is 5.10 Å². The summed E-state index contributed by atoms with van der Waals surface area (Å²) in [6, 6.07) is 2.02. The van der Waals surface area contributed by atoms with Crippen molar-refractivity contribution in [2.75, 3.05) is 0 Å². The van der Waals surface area contributed by atoms with Gasteiger partial charge in [0, 0.05) is 12.5 Å². The maximum atomic E-state index is 10.1. The molecule has 2 aromatic heterocycles. The van der Waals surface area contributed by atoms with Crippen LogP contribution in [0.15, 0.2) is 17.8 Å². The second-order valence-electron chi connectivity index (χ2n) is 4.07. The smallest absolute Gasteiger partial charge is 0.138 e. The standard InChI is InChI=1S/C11H14ClN3OS/c1-7(2)15-10(13-6-14-15)5-9(16)11-8(12)3-4-17-11/h3-4,6-7,9,16H,5H2,1-2H3. The van der Waals surface area contributed by atoms with E-state index >= 15 is 0 Å². The number of aromatic nitrogens is 3. The Morgan fingerprint density at radius 2 is 2.29 bits per heavy atom.